The van der Waals surface area contributed by atoms with Gasteiger partial charge in [0.2, 0.25) is 5.91 Å². The Bertz CT molecular complexity index is 222. The van der Waals surface area contributed by atoms with Crippen molar-refractivity contribution in [3.05, 3.63) is 12.2 Å². The molecule has 0 saturated carbocycles. The van der Waals surface area contributed by atoms with Gasteiger partial charge in [-0.05, 0) is 39.4 Å². The quantitative estimate of drug-likeness (QED) is 0.467. The summed E-state index contributed by atoms with van der Waals surface area (Å²) in [6, 6.07) is 0. The van der Waals surface area contributed by atoms with E-state index in [1.165, 1.54) is 0 Å². The lowest BCUT2D eigenvalue weighted by Crippen LogP contribution is -2.29. The van der Waals surface area contributed by atoms with Gasteiger partial charge in [0.25, 0.3) is 0 Å². The van der Waals surface area contributed by atoms with Gasteiger partial charge in [-0.25, -0.2) is 0 Å². The van der Waals surface area contributed by atoms with Gasteiger partial charge in [-0.3, -0.25) is 4.79 Å². The molecule has 0 heterocycles. The number of carbonyl (C=O) groups is 1. The molecule has 0 rings (SSSR count). The highest BCUT2D eigenvalue weighted by Gasteiger charge is 2.08. The fourth-order valence-corrected chi connectivity index (χ4v) is 1.65. The van der Waals surface area contributed by atoms with E-state index in [-0.39, 0.29) is 5.91 Å². The number of hydrogen-bond donors (Lipinski definition) is 0. The first-order valence-corrected chi connectivity index (χ1v) is 6.16. The Morgan fingerprint density at radius 3 is 2.06 bits per heavy atom. The van der Waals surface area contributed by atoms with E-state index >= 15 is 0 Å². The zero-order chi connectivity index (χ0) is 12.6. The Morgan fingerprint density at radius 1 is 1.12 bits per heavy atom. The molecule has 0 bridgehead atoms. The van der Waals surface area contributed by atoms with Crippen molar-refractivity contribution in [2.45, 2.75) is 33.6 Å². The van der Waals surface area contributed by atoms with Gasteiger partial charge in [-0.2, -0.15) is 0 Å². The lowest BCUT2D eigenvalue weighted by molar-refractivity contribution is -0.125. The molecule has 0 unspecified atom stereocenters. The number of rotatable bonds is 8. The molecule has 1 amide bonds. The van der Waals surface area contributed by atoms with Crippen molar-refractivity contribution in [3.63, 3.8) is 0 Å². The van der Waals surface area contributed by atoms with Crippen LogP contribution in [-0.4, -0.2) is 48.9 Å². The van der Waals surface area contributed by atoms with E-state index in [0.29, 0.717) is 5.57 Å². The third-order valence-corrected chi connectivity index (χ3v) is 2.82. The monoisotopic (exact) mass is 226 g/mol. The molecular weight excluding hydrogens is 200 g/mol. The normalized spacial score (nSPS) is 10.6. The summed E-state index contributed by atoms with van der Waals surface area (Å²) in [4.78, 5) is 15.7. The summed E-state index contributed by atoms with van der Waals surface area (Å²) in [5.74, 6) is 0.0582. The number of likely N-dealkylation sites (N-methyl/N-ethyl adjacent to an activating group) is 1. The van der Waals surface area contributed by atoms with E-state index < -0.39 is 0 Å². The van der Waals surface area contributed by atoms with E-state index in [1.54, 1.807) is 11.8 Å². The van der Waals surface area contributed by atoms with E-state index in [2.05, 4.69) is 25.3 Å². The summed E-state index contributed by atoms with van der Waals surface area (Å²) in [7, 11) is 1.84. The molecule has 0 aliphatic carbocycles. The maximum atomic E-state index is 11.5. The number of nitrogens with zero attached hydrogens (tertiary/aromatic N) is 2. The van der Waals surface area contributed by atoms with E-state index in [0.717, 1.165) is 39.0 Å². The SMILES string of the molecule is C=C(C)C(=O)N(C)CCCCN(CC)CC. The third kappa shape index (κ3) is 5.91. The van der Waals surface area contributed by atoms with Crippen molar-refractivity contribution in [2.75, 3.05) is 33.2 Å². The molecule has 0 saturated heterocycles. The summed E-state index contributed by atoms with van der Waals surface area (Å²) < 4.78 is 0. The van der Waals surface area contributed by atoms with Gasteiger partial charge in [0.15, 0.2) is 0 Å². The molecule has 0 N–H and O–H groups in total. The van der Waals surface area contributed by atoms with Crippen LogP contribution in [0.15, 0.2) is 12.2 Å². The predicted molar refractivity (Wildman–Crippen MR) is 69.5 cm³/mol. The highest BCUT2D eigenvalue weighted by Crippen LogP contribution is 2.00. The van der Waals surface area contributed by atoms with Gasteiger partial charge in [-0.15, -0.1) is 0 Å². The fraction of sp³-hybridized carbons (Fsp3) is 0.769. The smallest absolute Gasteiger partial charge is 0.248 e. The summed E-state index contributed by atoms with van der Waals surface area (Å²) >= 11 is 0. The second-order valence-corrected chi connectivity index (χ2v) is 4.24. The van der Waals surface area contributed by atoms with Crippen LogP contribution in [0, 0.1) is 0 Å². The van der Waals surface area contributed by atoms with Crippen LogP contribution in [0.1, 0.15) is 33.6 Å². The van der Waals surface area contributed by atoms with Crippen LogP contribution >= 0.6 is 0 Å². The minimum absolute atomic E-state index is 0.0582. The molecule has 0 aliphatic rings. The molecule has 0 aliphatic heterocycles. The zero-order valence-electron chi connectivity index (χ0n) is 11.3. The first kappa shape index (κ1) is 15.2. The Kier molecular flexibility index (Phi) is 7.90. The molecule has 0 aromatic rings. The van der Waals surface area contributed by atoms with Crippen LogP contribution in [0.2, 0.25) is 0 Å². The molecule has 0 atom stereocenters. The third-order valence-electron chi connectivity index (χ3n) is 2.82. The minimum Gasteiger partial charge on any atom is -0.342 e. The molecule has 16 heavy (non-hydrogen) atoms. The topological polar surface area (TPSA) is 23.6 Å². The Hall–Kier alpha value is -0.830. The van der Waals surface area contributed by atoms with E-state index in [9.17, 15) is 4.79 Å². The van der Waals surface area contributed by atoms with Crippen LogP contribution < -0.4 is 0 Å². The van der Waals surface area contributed by atoms with Crippen LogP contribution in [0.5, 0.6) is 0 Å². The van der Waals surface area contributed by atoms with Gasteiger partial charge in [0.05, 0.1) is 0 Å². The van der Waals surface area contributed by atoms with Gasteiger partial charge in [0, 0.05) is 19.2 Å². The highest BCUT2D eigenvalue weighted by atomic mass is 16.2. The Morgan fingerprint density at radius 2 is 1.62 bits per heavy atom. The molecular formula is C13H26N2O. The predicted octanol–water partition coefficient (Wildman–Crippen LogP) is 2.14. The average molecular weight is 226 g/mol. The van der Waals surface area contributed by atoms with Crippen LogP contribution in [0.4, 0.5) is 0 Å². The van der Waals surface area contributed by atoms with Crippen molar-refractivity contribution in [1.29, 1.82) is 0 Å². The van der Waals surface area contributed by atoms with Gasteiger partial charge < -0.3 is 9.80 Å². The van der Waals surface area contributed by atoms with E-state index in [4.69, 9.17) is 0 Å². The molecule has 0 aromatic carbocycles. The standard InChI is InChI=1S/C13H26N2O/c1-6-15(7-2)11-9-8-10-14(5)13(16)12(3)4/h3,6-11H2,1-2,4-5H3. The molecule has 0 spiro atoms. The summed E-state index contributed by atoms with van der Waals surface area (Å²) in [5, 5.41) is 0. The minimum atomic E-state index is 0.0582. The Balaban J connectivity index is 3.66. The van der Waals surface area contributed by atoms with E-state index in [1.807, 2.05) is 7.05 Å². The van der Waals surface area contributed by atoms with Crippen molar-refractivity contribution >= 4 is 5.91 Å². The number of unbranched alkanes of at least 4 members (excludes halogenated alkanes) is 1. The van der Waals surface area contributed by atoms with Crippen molar-refractivity contribution < 1.29 is 4.79 Å². The summed E-state index contributed by atoms with van der Waals surface area (Å²) in [6.45, 7) is 13.9. The van der Waals surface area contributed by atoms with Crippen LogP contribution in [0.25, 0.3) is 0 Å². The first-order chi connectivity index (χ1) is 7.52. The van der Waals surface area contributed by atoms with Gasteiger partial charge >= 0.3 is 0 Å². The highest BCUT2D eigenvalue weighted by molar-refractivity contribution is 5.91. The average Bonchev–Trinajstić information content (AvgIpc) is 2.27. The second kappa shape index (κ2) is 8.34. The first-order valence-electron chi connectivity index (χ1n) is 6.16. The van der Waals surface area contributed by atoms with Crippen molar-refractivity contribution in [1.82, 2.24) is 9.80 Å². The maximum Gasteiger partial charge on any atom is 0.248 e. The zero-order valence-corrected chi connectivity index (χ0v) is 11.3. The van der Waals surface area contributed by atoms with Crippen molar-refractivity contribution in [3.8, 4) is 0 Å². The number of hydrogen-bond acceptors (Lipinski definition) is 2. The second-order valence-electron chi connectivity index (χ2n) is 4.24. The molecule has 3 nitrogen and oxygen atoms in total. The lowest BCUT2D eigenvalue weighted by atomic mass is 10.2. The fourth-order valence-electron chi connectivity index (χ4n) is 1.65. The molecule has 0 aromatic heterocycles. The summed E-state index contributed by atoms with van der Waals surface area (Å²) in [5.41, 5.74) is 0.617. The number of carbonyl (C=O) groups excluding carboxylic acids is 1. The molecule has 94 valence electrons. The van der Waals surface area contributed by atoms with Gasteiger partial charge in [0.1, 0.15) is 0 Å². The van der Waals surface area contributed by atoms with Crippen molar-refractivity contribution in [2.24, 2.45) is 0 Å². The molecule has 0 radical (unpaired) electrons. The van der Waals surface area contributed by atoms with Crippen LogP contribution in [-0.2, 0) is 4.79 Å². The maximum absolute atomic E-state index is 11.5. The molecule has 3 heteroatoms. The Labute approximate surface area is 100 Å². The summed E-state index contributed by atoms with van der Waals surface area (Å²) in [6.07, 6.45) is 2.21. The van der Waals surface area contributed by atoms with Gasteiger partial charge in [-0.1, -0.05) is 20.4 Å². The number of amides is 1. The molecule has 0 fully saturated rings. The van der Waals surface area contributed by atoms with Crippen LogP contribution in [0.3, 0.4) is 0 Å². The lowest BCUT2D eigenvalue weighted by Gasteiger charge is -2.20. The largest absolute Gasteiger partial charge is 0.342 e.